The van der Waals surface area contributed by atoms with Crippen molar-refractivity contribution in [2.75, 3.05) is 13.2 Å². The molecule has 4 rings (SSSR count). The summed E-state index contributed by atoms with van der Waals surface area (Å²) in [7, 11) is 0. The fourth-order valence-corrected chi connectivity index (χ4v) is 6.05. The molecular formula is C24H34F4O5. The monoisotopic (exact) mass is 478 g/mol. The van der Waals surface area contributed by atoms with Crippen LogP contribution in [0.4, 0.5) is 17.6 Å². The Morgan fingerprint density at radius 1 is 0.848 bits per heavy atom. The molecule has 0 unspecified atom stereocenters. The van der Waals surface area contributed by atoms with E-state index in [1.54, 1.807) is 20.8 Å². The van der Waals surface area contributed by atoms with Crippen LogP contribution in [0.5, 0.6) is 0 Å². The van der Waals surface area contributed by atoms with Gasteiger partial charge < -0.3 is 9.47 Å². The maximum Gasteiger partial charge on any atom is 0.377 e. The van der Waals surface area contributed by atoms with Crippen molar-refractivity contribution >= 4 is 17.7 Å². The van der Waals surface area contributed by atoms with Crippen molar-refractivity contribution in [2.45, 2.75) is 90.4 Å². The Kier molecular flexibility index (Phi) is 7.21. The Hall–Kier alpha value is -1.67. The lowest BCUT2D eigenvalue weighted by atomic mass is 9.48. The summed E-state index contributed by atoms with van der Waals surface area (Å²) in [4.78, 5) is 36.4. The van der Waals surface area contributed by atoms with Crippen LogP contribution in [0.15, 0.2) is 0 Å². The lowest BCUT2D eigenvalue weighted by Gasteiger charge is -2.56. The summed E-state index contributed by atoms with van der Waals surface area (Å²) < 4.78 is 66.6. The summed E-state index contributed by atoms with van der Waals surface area (Å²) in [6, 6.07) is 0. The maximum absolute atomic E-state index is 14.5. The fraction of sp³-hybridized carbons (Fsp3) is 0.875. The summed E-state index contributed by atoms with van der Waals surface area (Å²) in [5.74, 6) is -10.7. The number of rotatable bonds is 11. The Balaban J connectivity index is 1.49. The van der Waals surface area contributed by atoms with Gasteiger partial charge in [-0.25, -0.2) is 13.6 Å². The lowest BCUT2D eigenvalue weighted by Crippen LogP contribution is -2.51. The van der Waals surface area contributed by atoms with Gasteiger partial charge in [-0.3, -0.25) is 9.59 Å². The molecule has 4 aliphatic carbocycles. The summed E-state index contributed by atoms with van der Waals surface area (Å²) >= 11 is 0. The highest BCUT2D eigenvalue weighted by atomic mass is 19.3. The minimum absolute atomic E-state index is 0.363. The predicted molar refractivity (Wildman–Crippen MR) is 111 cm³/mol. The molecule has 0 aromatic carbocycles. The zero-order valence-corrected chi connectivity index (χ0v) is 19.6. The highest BCUT2D eigenvalue weighted by molar-refractivity contribution is 5.86. The second kappa shape index (κ2) is 9.17. The third-order valence-electron chi connectivity index (χ3n) is 7.81. The molecule has 0 atom stereocenters. The van der Waals surface area contributed by atoms with E-state index in [4.69, 9.17) is 4.74 Å². The summed E-state index contributed by atoms with van der Waals surface area (Å²) in [5, 5.41) is 0. The number of Topliss-reactive ketones (excluding diaryl/α,β-unsaturated/α-hetero) is 1. The molecule has 9 heteroatoms. The number of hydrogen-bond donors (Lipinski definition) is 0. The van der Waals surface area contributed by atoms with Crippen LogP contribution < -0.4 is 0 Å². The van der Waals surface area contributed by atoms with Crippen molar-refractivity contribution in [3.63, 3.8) is 0 Å². The van der Waals surface area contributed by atoms with Gasteiger partial charge in [0.2, 0.25) is 0 Å². The van der Waals surface area contributed by atoms with Crippen LogP contribution in [0.3, 0.4) is 0 Å². The SMILES string of the molecule is CCC(C)(C)C(=O)OCCOC(=O)C(F)(F)CC(F)(F)CC(=O)C12CC3CC(CC(C3)C1)C2. The van der Waals surface area contributed by atoms with Crippen molar-refractivity contribution in [1.82, 2.24) is 0 Å². The number of carbonyl (C=O) groups is 3. The largest absolute Gasteiger partial charge is 0.462 e. The molecule has 0 amide bonds. The Labute approximate surface area is 191 Å². The standard InChI is InChI=1S/C24H34F4O5/c1-4-21(2,3)19(30)32-5-6-33-20(31)24(27,28)14-23(25,26)13-18(29)22-10-15-7-16(11-22)9-17(8-15)12-22/h15-17H,4-14H2,1-3H3. The number of alkyl halides is 4. The van der Waals surface area contributed by atoms with Gasteiger partial charge in [0, 0.05) is 5.41 Å². The van der Waals surface area contributed by atoms with Gasteiger partial charge >= 0.3 is 17.9 Å². The van der Waals surface area contributed by atoms with Gasteiger partial charge in [-0.05, 0) is 76.5 Å². The molecule has 0 radical (unpaired) electrons. The molecule has 33 heavy (non-hydrogen) atoms. The average molecular weight is 479 g/mol. The van der Waals surface area contributed by atoms with Crippen molar-refractivity contribution in [3.05, 3.63) is 0 Å². The van der Waals surface area contributed by atoms with Gasteiger partial charge in [0.05, 0.1) is 18.3 Å². The number of ketones is 1. The molecule has 0 saturated heterocycles. The molecule has 4 saturated carbocycles. The van der Waals surface area contributed by atoms with E-state index in [1.165, 1.54) is 0 Å². The molecule has 5 nitrogen and oxygen atoms in total. The normalized spacial score (nSPS) is 29.1. The van der Waals surface area contributed by atoms with E-state index in [9.17, 15) is 31.9 Å². The third kappa shape index (κ3) is 5.88. The first kappa shape index (κ1) is 25.9. The second-order valence-corrected chi connectivity index (χ2v) is 11.0. The van der Waals surface area contributed by atoms with Crippen LogP contribution in [0.2, 0.25) is 0 Å². The first-order valence-electron chi connectivity index (χ1n) is 11.8. The van der Waals surface area contributed by atoms with Gasteiger partial charge in [-0.1, -0.05) is 6.92 Å². The second-order valence-electron chi connectivity index (χ2n) is 11.0. The van der Waals surface area contributed by atoms with E-state index >= 15 is 0 Å². The fourth-order valence-electron chi connectivity index (χ4n) is 6.05. The molecule has 0 heterocycles. The maximum atomic E-state index is 14.5. The molecule has 4 aliphatic rings. The van der Waals surface area contributed by atoms with E-state index in [1.807, 2.05) is 0 Å². The van der Waals surface area contributed by atoms with E-state index in [-0.39, 0.29) is 0 Å². The van der Waals surface area contributed by atoms with Crippen molar-refractivity contribution in [1.29, 1.82) is 0 Å². The third-order valence-corrected chi connectivity index (χ3v) is 7.81. The van der Waals surface area contributed by atoms with Crippen LogP contribution in [-0.4, -0.2) is 42.8 Å². The predicted octanol–water partition coefficient (Wildman–Crippen LogP) is 5.35. The highest BCUT2D eigenvalue weighted by Gasteiger charge is 2.57. The first-order valence-corrected chi connectivity index (χ1v) is 11.8. The number of carbonyl (C=O) groups excluding carboxylic acids is 3. The van der Waals surface area contributed by atoms with Crippen LogP contribution in [0.25, 0.3) is 0 Å². The Bertz CT molecular complexity index is 742. The van der Waals surface area contributed by atoms with Crippen LogP contribution in [-0.2, 0) is 23.9 Å². The number of esters is 2. The molecule has 4 bridgehead atoms. The van der Waals surface area contributed by atoms with Gasteiger partial charge in [0.25, 0.3) is 5.92 Å². The first-order chi connectivity index (χ1) is 15.2. The van der Waals surface area contributed by atoms with Crippen LogP contribution in [0, 0.1) is 28.6 Å². The van der Waals surface area contributed by atoms with Gasteiger partial charge in [0.1, 0.15) is 19.0 Å². The summed E-state index contributed by atoms with van der Waals surface area (Å²) in [6.45, 7) is 3.93. The molecule has 0 aromatic heterocycles. The van der Waals surface area contributed by atoms with Crippen LogP contribution >= 0.6 is 0 Å². The Morgan fingerprint density at radius 3 is 1.76 bits per heavy atom. The lowest BCUT2D eigenvalue weighted by molar-refractivity contribution is -0.189. The summed E-state index contributed by atoms with van der Waals surface area (Å²) in [5.41, 5.74) is -1.59. The highest BCUT2D eigenvalue weighted by Crippen LogP contribution is 2.61. The summed E-state index contributed by atoms with van der Waals surface area (Å²) in [6.07, 6.45) is 1.90. The van der Waals surface area contributed by atoms with Gasteiger partial charge in [0.15, 0.2) is 0 Å². The topological polar surface area (TPSA) is 69.7 Å². The van der Waals surface area contributed by atoms with Gasteiger partial charge in [-0.15, -0.1) is 0 Å². The zero-order valence-electron chi connectivity index (χ0n) is 19.6. The van der Waals surface area contributed by atoms with E-state index in [0.29, 0.717) is 43.4 Å². The van der Waals surface area contributed by atoms with Crippen molar-refractivity contribution in [2.24, 2.45) is 28.6 Å². The molecule has 0 aliphatic heterocycles. The van der Waals surface area contributed by atoms with Crippen LogP contribution in [0.1, 0.15) is 78.6 Å². The average Bonchev–Trinajstić information content (AvgIpc) is 2.68. The molecule has 188 valence electrons. The minimum atomic E-state index is -4.46. The number of ether oxygens (including phenoxy) is 2. The van der Waals surface area contributed by atoms with E-state index in [0.717, 1.165) is 19.3 Å². The minimum Gasteiger partial charge on any atom is -0.462 e. The number of halogens is 4. The molecule has 4 fully saturated rings. The quantitative estimate of drug-likeness (QED) is 0.228. The molecule has 0 spiro atoms. The van der Waals surface area contributed by atoms with Gasteiger partial charge in [-0.2, -0.15) is 8.78 Å². The van der Waals surface area contributed by atoms with Crippen molar-refractivity contribution in [3.8, 4) is 0 Å². The zero-order chi connectivity index (χ0) is 24.7. The molecule has 0 N–H and O–H groups in total. The number of hydrogen-bond acceptors (Lipinski definition) is 5. The molecule has 0 aromatic rings. The van der Waals surface area contributed by atoms with E-state index < -0.39 is 66.5 Å². The van der Waals surface area contributed by atoms with E-state index in [2.05, 4.69) is 4.74 Å². The Morgan fingerprint density at radius 2 is 1.30 bits per heavy atom. The van der Waals surface area contributed by atoms with Crippen molar-refractivity contribution < 1.29 is 41.4 Å². The molecular weight excluding hydrogens is 444 g/mol. The smallest absolute Gasteiger partial charge is 0.377 e.